The number of nitrogens with two attached hydrogens (primary N) is 1. The van der Waals surface area contributed by atoms with E-state index in [-0.39, 0.29) is 23.9 Å². The van der Waals surface area contributed by atoms with Crippen molar-refractivity contribution in [1.82, 2.24) is 5.32 Å². The van der Waals surface area contributed by atoms with Gasteiger partial charge in [0.15, 0.2) is 0 Å². The minimum Gasteiger partial charge on any atom is -0.348 e. The molecule has 2 atom stereocenters. The van der Waals surface area contributed by atoms with Crippen LogP contribution in [0.25, 0.3) is 0 Å². The summed E-state index contributed by atoms with van der Waals surface area (Å²) in [4.78, 5) is 12.1. The van der Waals surface area contributed by atoms with E-state index >= 15 is 0 Å². The lowest BCUT2D eigenvalue weighted by molar-refractivity contribution is -0.126. The Morgan fingerprint density at radius 3 is 2.48 bits per heavy atom. The predicted molar refractivity (Wildman–Crippen MR) is 82.3 cm³/mol. The Morgan fingerprint density at radius 1 is 1.38 bits per heavy atom. The summed E-state index contributed by atoms with van der Waals surface area (Å²) >= 11 is 0. The molecule has 3 N–H and O–H groups in total. The highest BCUT2D eigenvalue weighted by Crippen LogP contribution is 2.22. The molecule has 21 heavy (non-hydrogen) atoms. The van der Waals surface area contributed by atoms with Crippen molar-refractivity contribution in [2.45, 2.75) is 51.6 Å². The summed E-state index contributed by atoms with van der Waals surface area (Å²) in [5.74, 6) is -1.62. The number of carbonyl (C=O) groups is 1. The van der Waals surface area contributed by atoms with Gasteiger partial charge in [-0.3, -0.25) is 4.79 Å². The first-order valence-electron chi connectivity index (χ1n) is 6.86. The van der Waals surface area contributed by atoms with Gasteiger partial charge in [-0.15, -0.1) is 12.4 Å². The first-order chi connectivity index (χ1) is 9.31. The molecule has 1 amide bonds. The Morgan fingerprint density at radius 2 is 2.00 bits per heavy atom. The monoisotopic (exact) mass is 320 g/mol. The van der Waals surface area contributed by atoms with Crippen LogP contribution in [-0.4, -0.2) is 11.4 Å². The number of halogens is 3. The average Bonchev–Trinajstić information content (AvgIpc) is 2.36. The summed E-state index contributed by atoms with van der Waals surface area (Å²) in [6, 6.07) is 2.84. The van der Waals surface area contributed by atoms with Crippen LogP contribution in [0.1, 0.15) is 51.6 Å². The number of amides is 1. The molecule has 0 aliphatic rings. The maximum atomic E-state index is 13.8. The van der Waals surface area contributed by atoms with Gasteiger partial charge >= 0.3 is 0 Å². The number of rotatable bonds is 6. The van der Waals surface area contributed by atoms with E-state index in [0.29, 0.717) is 12.8 Å². The molecule has 120 valence electrons. The number of hydrogen-bond acceptors (Lipinski definition) is 2. The molecule has 2 unspecified atom stereocenters. The molecular formula is C15H23ClF2N2O. The van der Waals surface area contributed by atoms with Gasteiger partial charge in [-0.25, -0.2) is 8.78 Å². The second-order valence-electron chi connectivity index (χ2n) is 5.27. The molecule has 0 heterocycles. The maximum Gasteiger partial charge on any atom is 0.240 e. The standard InChI is InChI=1S/C15H22F2N2O.ClH/c1-4-8-15(3,18)14(20)19-13(5-2)11-7-6-10(16)9-12(11)17;/h6-7,9,13H,4-5,8,18H2,1-3H3,(H,19,20);1H. The highest BCUT2D eigenvalue weighted by Gasteiger charge is 2.29. The van der Waals surface area contributed by atoms with Crippen molar-refractivity contribution in [3.63, 3.8) is 0 Å². The molecule has 0 spiro atoms. The highest BCUT2D eigenvalue weighted by atomic mass is 35.5. The van der Waals surface area contributed by atoms with Gasteiger partial charge in [-0.2, -0.15) is 0 Å². The van der Waals surface area contributed by atoms with E-state index in [0.717, 1.165) is 12.5 Å². The van der Waals surface area contributed by atoms with Crippen molar-refractivity contribution < 1.29 is 13.6 Å². The van der Waals surface area contributed by atoms with Gasteiger partial charge in [-0.1, -0.05) is 26.3 Å². The highest BCUT2D eigenvalue weighted by molar-refractivity contribution is 5.86. The third-order valence-electron chi connectivity index (χ3n) is 3.34. The topological polar surface area (TPSA) is 55.1 Å². The minimum absolute atomic E-state index is 0. The zero-order valence-corrected chi connectivity index (χ0v) is 13.4. The van der Waals surface area contributed by atoms with Crippen molar-refractivity contribution in [2.24, 2.45) is 5.73 Å². The molecule has 0 bridgehead atoms. The van der Waals surface area contributed by atoms with Crippen molar-refractivity contribution in [2.75, 3.05) is 0 Å². The van der Waals surface area contributed by atoms with Crippen molar-refractivity contribution in [3.05, 3.63) is 35.4 Å². The summed E-state index contributed by atoms with van der Waals surface area (Å²) < 4.78 is 26.7. The fourth-order valence-corrected chi connectivity index (χ4v) is 2.14. The van der Waals surface area contributed by atoms with Crippen LogP contribution in [0.15, 0.2) is 18.2 Å². The average molecular weight is 321 g/mol. The molecule has 1 aromatic rings. The summed E-state index contributed by atoms with van der Waals surface area (Å²) in [7, 11) is 0. The Bertz CT molecular complexity index is 481. The van der Waals surface area contributed by atoms with Crippen LogP contribution in [0.2, 0.25) is 0 Å². The number of nitrogens with one attached hydrogen (secondary N) is 1. The number of benzene rings is 1. The van der Waals surface area contributed by atoms with Gasteiger partial charge in [0, 0.05) is 11.6 Å². The van der Waals surface area contributed by atoms with E-state index in [1.165, 1.54) is 12.1 Å². The van der Waals surface area contributed by atoms with Crippen LogP contribution in [-0.2, 0) is 4.79 Å². The largest absolute Gasteiger partial charge is 0.348 e. The molecule has 0 fully saturated rings. The van der Waals surface area contributed by atoms with Crippen LogP contribution in [0.4, 0.5) is 8.78 Å². The summed E-state index contributed by atoms with van der Waals surface area (Å²) in [6.07, 6.45) is 1.82. The number of carbonyl (C=O) groups excluding carboxylic acids is 1. The van der Waals surface area contributed by atoms with Crippen LogP contribution < -0.4 is 11.1 Å². The van der Waals surface area contributed by atoms with E-state index in [2.05, 4.69) is 5.32 Å². The van der Waals surface area contributed by atoms with Crippen LogP contribution in [0, 0.1) is 11.6 Å². The fourth-order valence-electron chi connectivity index (χ4n) is 2.14. The lowest BCUT2D eigenvalue weighted by atomic mass is 9.95. The van der Waals surface area contributed by atoms with Gasteiger partial charge in [0.2, 0.25) is 5.91 Å². The van der Waals surface area contributed by atoms with Crippen LogP contribution in [0.5, 0.6) is 0 Å². The zero-order chi connectivity index (χ0) is 15.3. The summed E-state index contributed by atoms with van der Waals surface area (Å²) in [5.41, 5.74) is 5.23. The zero-order valence-electron chi connectivity index (χ0n) is 12.6. The molecule has 0 aliphatic carbocycles. The lowest BCUT2D eigenvalue weighted by Gasteiger charge is -2.27. The van der Waals surface area contributed by atoms with E-state index in [1.54, 1.807) is 6.92 Å². The fraction of sp³-hybridized carbons (Fsp3) is 0.533. The Balaban J connectivity index is 0.00000400. The normalized spacial score (nSPS) is 14.8. The van der Waals surface area contributed by atoms with E-state index < -0.39 is 23.2 Å². The Kier molecular flexibility index (Phi) is 7.82. The maximum absolute atomic E-state index is 13.8. The van der Waals surface area contributed by atoms with E-state index in [4.69, 9.17) is 5.73 Å². The third-order valence-corrected chi connectivity index (χ3v) is 3.34. The van der Waals surface area contributed by atoms with E-state index in [1.807, 2.05) is 13.8 Å². The molecule has 6 heteroatoms. The molecule has 0 saturated carbocycles. The molecule has 0 radical (unpaired) electrons. The van der Waals surface area contributed by atoms with E-state index in [9.17, 15) is 13.6 Å². The van der Waals surface area contributed by atoms with Gasteiger partial charge in [0.25, 0.3) is 0 Å². The molecule has 1 aromatic carbocycles. The molecular weight excluding hydrogens is 298 g/mol. The quantitative estimate of drug-likeness (QED) is 0.843. The second kappa shape index (κ2) is 8.29. The summed E-state index contributed by atoms with van der Waals surface area (Å²) in [6.45, 7) is 5.41. The first kappa shape index (κ1) is 19.8. The minimum atomic E-state index is -0.987. The summed E-state index contributed by atoms with van der Waals surface area (Å²) in [5, 5.41) is 2.74. The third kappa shape index (κ3) is 5.25. The number of hydrogen-bond donors (Lipinski definition) is 2. The smallest absolute Gasteiger partial charge is 0.240 e. The van der Waals surface area contributed by atoms with Gasteiger partial charge in [0.05, 0.1) is 11.6 Å². The SMILES string of the molecule is CCCC(C)(N)C(=O)NC(CC)c1ccc(F)cc1F.Cl. The van der Waals surface area contributed by atoms with Crippen LogP contribution >= 0.6 is 12.4 Å². The van der Waals surface area contributed by atoms with Crippen molar-refractivity contribution in [3.8, 4) is 0 Å². The van der Waals surface area contributed by atoms with Gasteiger partial charge in [-0.05, 0) is 25.8 Å². The van der Waals surface area contributed by atoms with Gasteiger partial charge in [0.1, 0.15) is 11.6 Å². The molecule has 0 aliphatic heterocycles. The first-order valence-corrected chi connectivity index (χ1v) is 6.86. The van der Waals surface area contributed by atoms with Gasteiger partial charge < -0.3 is 11.1 Å². The molecule has 0 saturated heterocycles. The molecule has 3 nitrogen and oxygen atoms in total. The second-order valence-corrected chi connectivity index (χ2v) is 5.27. The predicted octanol–water partition coefficient (Wildman–Crippen LogP) is 3.47. The lowest BCUT2D eigenvalue weighted by Crippen LogP contribution is -2.52. The Labute approximate surface area is 130 Å². The van der Waals surface area contributed by atoms with Crippen molar-refractivity contribution in [1.29, 1.82) is 0 Å². The van der Waals surface area contributed by atoms with Crippen molar-refractivity contribution >= 4 is 18.3 Å². The molecule has 1 rings (SSSR count). The Hall–Kier alpha value is -1.20. The molecule has 0 aromatic heterocycles. The van der Waals surface area contributed by atoms with Crippen LogP contribution in [0.3, 0.4) is 0 Å².